The summed E-state index contributed by atoms with van der Waals surface area (Å²) in [4.78, 5) is 70.3. The number of aromatic amines is 3. The Morgan fingerprint density at radius 1 is 0.804 bits per heavy atom. The van der Waals surface area contributed by atoms with E-state index < -0.39 is 24.3 Å². The monoisotopic (exact) mass is 763 g/mol. The van der Waals surface area contributed by atoms with E-state index in [1.807, 2.05) is 38.1 Å². The number of alkyl carbamates (subject to hydrolysis) is 1. The number of nitrogens with one attached hydrogen (secondary N) is 4. The molecule has 56 heavy (non-hydrogen) atoms. The molecule has 292 valence electrons. The van der Waals surface area contributed by atoms with E-state index in [2.05, 4.69) is 64.9 Å². The van der Waals surface area contributed by atoms with Crippen LogP contribution in [-0.2, 0) is 25.5 Å². The molecule has 2 aliphatic rings. The summed E-state index contributed by atoms with van der Waals surface area (Å²) < 4.78 is 9.94. The Labute approximate surface area is 322 Å². The van der Waals surface area contributed by atoms with Gasteiger partial charge in [-0.05, 0) is 53.9 Å². The van der Waals surface area contributed by atoms with Gasteiger partial charge in [0.1, 0.15) is 17.7 Å². The van der Waals surface area contributed by atoms with E-state index in [9.17, 15) is 19.2 Å². The second kappa shape index (κ2) is 16.5. The summed E-state index contributed by atoms with van der Waals surface area (Å²) >= 11 is 0. The van der Waals surface area contributed by atoms with Crippen LogP contribution in [0.4, 0.5) is 9.59 Å². The number of ether oxygens (including phenoxy) is 2. The lowest BCUT2D eigenvalue weighted by Gasteiger charge is -2.29. The van der Waals surface area contributed by atoms with Crippen molar-refractivity contribution in [3.8, 4) is 33.6 Å². The van der Waals surface area contributed by atoms with Crippen LogP contribution in [-0.4, -0.2) is 101 Å². The summed E-state index contributed by atoms with van der Waals surface area (Å²) in [5.74, 6) is 0.622. The fourth-order valence-corrected chi connectivity index (χ4v) is 7.51. The maximum absolute atomic E-state index is 13.7. The van der Waals surface area contributed by atoms with Crippen molar-refractivity contribution in [2.45, 2.75) is 70.2 Å². The fraction of sp³-hybridized carbons (Fsp3) is 0.385. The smallest absolute Gasteiger partial charge is 0.407 e. The Morgan fingerprint density at radius 2 is 1.32 bits per heavy atom. The van der Waals surface area contributed by atoms with Crippen LogP contribution in [0.2, 0.25) is 0 Å². The zero-order valence-electron chi connectivity index (χ0n) is 31.4. The number of imidazole rings is 2. The molecular weight excluding hydrogens is 718 g/mol. The first-order valence-electron chi connectivity index (χ1n) is 18.7. The van der Waals surface area contributed by atoms with Crippen LogP contribution >= 0.6 is 0 Å². The third-order valence-electron chi connectivity index (χ3n) is 10.4. The molecule has 2 aromatic carbocycles. The van der Waals surface area contributed by atoms with Crippen LogP contribution in [0.15, 0.2) is 67.1 Å². The van der Waals surface area contributed by atoms with E-state index in [4.69, 9.17) is 15.2 Å². The van der Waals surface area contributed by atoms with Gasteiger partial charge < -0.3 is 40.3 Å². The number of hydrogen-bond acceptors (Lipinski definition) is 10. The Morgan fingerprint density at radius 3 is 1.79 bits per heavy atom. The molecule has 2 fully saturated rings. The number of rotatable bonds is 12. The number of nitrogens with zero attached hydrogens (tertiary/aromatic N) is 6. The molecule has 17 heteroatoms. The van der Waals surface area contributed by atoms with Gasteiger partial charge in [0, 0.05) is 19.5 Å². The molecule has 17 nitrogen and oxygen atoms in total. The molecule has 2 aliphatic heterocycles. The van der Waals surface area contributed by atoms with Gasteiger partial charge in [-0.1, -0.05) is 62.4 Å². The lowest BCUT2D eigenvalue weighted by atomic mass is 10.0. The van der Waals surface area contributed by atoms with Crippen LogP contribution in [0.25, 0.3) is 33.6 Å². The number of H-pyrrole nitrogens is 3. The number of primary amides is 1. The molecule has 0 aliphatic carbocycles. The molecule has 3 aromatic heterocycles. The number of benzene rings is 2. The minimum atomic E-state index is -0.967. The average Bonchev–Trinajstić information content (AvgIpc) is 4.05. The Bertz CT molecular complexity index is 2150. The van der Waals surface area contributed by atoms with Crippen molar-refractivity contribution in [2.24, 2.45) is 11.7 Å². The quantitative estimate of drug-likeness (QED) is 0.118. The van der Waals surface area contributed by atoms with Crippen LogP contribution in [0.5, 0.6) is 0 Å². The number of carbonyl (C=O) groups excluding carboxylic acids is 4. The molecule has 5 aromatic rings. The second-order valence-electron chi connectivity index (χ2n) is 14.4. The maximum atomic E-state index is 13.7. The van der Waals surface area contributed by atoms with Gasteiger partial charge in [0.05, 0.1) is 54.9 Å². The van der Waals surface area contributed by atoms with E-state index in [0.717, 1.165) is 59.3 Å². The summed E-state index contributed by atoms with van der Waals surface area (Å²) in [6.07, 6.45) is 5.70. The lowest BCUT2D eigenvalue weighted by molar-refractivity contribution is -0.143. The number of nitrogens with two attached hydrogens (primary N) is 1. The predicted molar refractivity (Wildman–Crippen MR) is 203 cm³/mol. The second-order valence-corrected chi connectivity index (χ2v) is 14.4. The van der Waals surface area contributed by atoms with Crippen molar-refractivity contribution in [1.29, 1.82) is 0 Å². The van der Waals surface area contributed by atoms with Crippen LogP contribution in [0, 0.1) is 5.92 Å². The third-order valence-corrected chi connectivity index (χ3v) is 10.4. The Hall–Kier alpha value is -6.52. The molecule has 2 unspecified atom stereocenters. The summed E-state index contributed by atoms with van der Waals surface area (Å²) in [5, 5.41) is 13.0. The van der Waals surface area contributed by atoms with Gasteiger partial charge in [0.2, 0.25) is 5.91 Å². The summed E-state index contributed by atoms with van der Waals surface area (Å²) in [5.41, 5.74) is 11.4. The van der Waals surface area contributed by atoms with Crippen LogP contribution in [0.1, 0.15) is 69.0 Å². The first-order chi connectivity index (χ1) is 27.1. The molecular formula is C39H45N11O6. The van der Waals surface area contributed by atoms with E-state index in [-0.39, 0.29) is 36.2 Å². The number of likely N-dealkylation sites (tertiary alicyclic amines) is 2. The molecule has 5 heterocycles. The highest BCUT2D eigenvalue weighted by molar-refractivity contribution is 5.86. The zero-order valence-corrected chi connectivity index (χ0v) is 31.4. The zero-order chi connectivity index (χ0) is 39.3. The fourth-order valence-electron chi connectivity index (χ4n) is 7.51. The average molecular weight is 764 g/mol. The van der Waals surface area contributed by atoms with Gasteiger partial charge in [0.15, 0.2) is 6.10 Å². The number of aromatic nitrogens is 7. The van der Waals surface area contributed by atoms with Crippen molar-refractivity contribution in [2.75, 3.05) is 20.2 Å². The number of carbonyl (C=O) groups is 4. The minimum Gasteiger partial charge on any atom is -0.453 e. The van der Waals surface area contributed by atoms with E-state index in [1.54, 1.807) is 22.2 Å². The molecule has 4 amide bonds. The topological polar surface area (TPSA) is 230 Å². The van der Waals surface area contributed by atoms with Gasteiger partial charge in [-0.2, -0.15) is 15.4 Å². The third kappa shape index (κ3) is 8.11. The molecule has 0 saturated carbocycles. The molecule has 0 bridgehead atoms. The number of hydrogen-bond donors (Lipinski definition) is 5. The molecule has 2 saturated heterocycles. The first kappa shape index (κ1) is 37.8. The summed E-state index contributed by atoms with van der Waals surface area (Å²) in [6, 6.07) is 14.9. The van der Waals surface area contributed by atoms with Gasteiger partial charge in [-0.25, -0.2) is 19.6 Å². The minimum absolute atomic E-state index is 0.163. The van der Waals surface area contributed by atoms with Crippen molar-refractivity contribution in [3.63, 3.8) is 0 Å². The normalized spacial score (nSPS) is 17.9. The number of amides is 4. The number of methoxy groups -OCH3 is 1. The molecule has 7 rings (SSSR count). The Balaban J connectivity index is 1.00. The van der Waals surface area contributed by atoms with Gasteiger partial charge in [0.25, 0.3) is 5.91 Å². The maximum Gasteiger partial charge on any atom is 0.407 e. The van der Waals surface area contributed by atoms with Gasteiger partial charge in [-0.3, -0.25) is 9.59 Å². The lowest BCUT2D eigenvalue weighted by Crippen LogP contribution is -2.49. The highest BCUT2D eigenvalue weighted by Gasteiger charge is 2.39. The SMILES string of the molecule is COC(=O)NC(Cc1cn[nH]n1)C(=O)N1CCCC1c1ncc(-c2ccc(-c3ccc(-c4cnc([C@@H]5CCCN5C(=O)[C@@H](OC(N)=O)C(C)C)[nH]4)cc3)cc2)[nH]1. The Kier molecular flexibility index (Phi) is 11.1. The summed E-state index contributed by atoms with van der Waals surface area (Å²) in [6.45, 7) is 4.71. The van der Waals surface area contributed by atoms with Crippen molar-refractivity contribution in [3.05, 3.63) is 84.5 Å². The molecule has 0 radical (unpaired) electrons. The highest BCUT2D eigenvalue weighted by atomic mass is 16.6. The van der Waals surface area contributed by atoms with Crippen LogP contribution < -0.4 is 11.1 Å². The first-order valence-corrected chi connectivity index (χ1v) is 18.7. The van der Waals surface area contributed by atoms with Gasteiger partial charge in [-0.15, -0.1) is 0 Å². The largest absolute Gasteiger partial charge is 0.453 e. The van der Waals surface area contributed by atoms with Crippen molar-refractivity contribution in [1.82, 2.24) is 50.5 Å². The molecule has 0 spiro atoms. The van der Waals surface area contributed by atoms with Crippen molar-refractivity contribution >= 4 is 24.0 Å². The van der Waals surface area contributed by atoms with E-state index in [1.165, 1.54) is 13.3 Å². The van der Waals surface area contributed by atoms with Crippen LogP contribution in [0.3, 0.4) is 0 Å². The molecule has 4 atom stereocenters. The standard InChI is InChI=1S/C39H45N11O6/c1-22(2)33(56-38(40)53)37(52)50-17-5-7-32(50)35-42-21-30(45-35)26-14-10-24(11-15-26)23-8-12-25(13-9-23)29-20-41-34(44-29)31-6-4-16-49(31)36(51)28(46-39(54)55-3)18-27-19-43-48-47-27/h8-15,19-22,28,31-33H,4-7,16-18H2,1-3H3,(H2,40,53)(H,41,44)(H,42,45)(H,46,54)(H,43,47,48)/t28?,31?,32-,33-/m0/s1. The van der Waals surface area contributed by atoms with E-state index in [0.29, 0.717) is 30.4 Å². The molecule has 6 N–H and O–H groups in total. The van der Waals surface area contributed by atoms with Crippen molar-refractivity contribution < 1.29 is 28.7 Å². The van der Waals surface area contributed by atoms with Gasteiger partial charge >= 0.3 is 12.2 Å². The summed E-state index contributed by atoms with van der Waals surface area (Å²) in [7, 11) is 1.25. The highest BCUT2D eigenvalue weighted by Crippen LogP contribution is 2.35. The predicted octanol–water partition coefficient (Wildman–Crippen LogP) is 4.67. The van der Waals surface area contributed by atoms with E-state index >= 15 is 0 Å².